The van der Waals surface area contributed by atoms with Gasteiger partial charge in [-0.25, -0.2) is 9.67 Å². The summed E-state index contributed by atoms with van der Waals surface area (Å²) in [5, 5.41) is 14.0. The Kier molecular flexibility index (Phi) is 6.31. The molecule has 0 saturated heterocycles. The fraction of sp³-hybridized carbons (Fsp3) is 0.440. The van der Waals surface area contributed by atoms with Crippen LogP contribution in [0, 0.1) is 0 Å². The number of aromatic nitrogens is 7. The Morgan fingerprint density at radius 3 is 2.31 bits per heavy atom. The number of aryl methyl sites for hydroxylation is 1. The Hall–Kier alpha value is -3.82. The molecule has 4 aromatic rings. The molecule has 10 heteroatoms. The molecule has 35 heavy (non-hydrogen) atoms. The maximum Gasteiger partial charge on any atom is 0.320 e. The smallest absolute Gasteiger partial charge is 0.320 e. The van der Waals surface area contributed by atoms with Gasteiger partial charge in [-0.05, 0) is 66.7 Å². The fourth-order valence-electron chi connectivity index (χ4n) is 3.30. The minimum atomic E-state index is -0.500. The van der Waals surface area contributed by atoms with Crippen molar-refractivity contribution in [3.63, 3.8) is 0 Å². The second-order valence-electron chi connectivity index (χ2n) is 10.2. The summed E-state index contributed by atoms with van der Waals surface area (Å²) in [6.45, 7) is 13.6. The summed E-state index contributed by atoms with van der Waals surface area (Å²) < 4.78 is 19.8. The summed E-state index contributed by atoms with van der Waals surface area (Å²) in [4.78, 5) is 13.3. The number of rotatable bonds is 6. The van der Waals surface area contributed by atoms with Gasteiger partial charge < -0.3 is 14.2 Å². The summed E-state index contributed by atoms with van der Waals surface area (Å²) >= 11 is 0. The van der Waals surface area contributed by atoms with Crippen molar-refractivity contribution in [3.05, 3.63) is 42.4 Å². The zero-order valence-electron chi connectivity index (χ0n) is 21.4. The van der Waals surface area contributed by atoms with Crippen molar-refractivity contribution in [2.45, 2.75) is 65.8 Å². The molecule has 10 nitrogen and oxygen atoms in total. The van der Waals surface area contributed by atoms with Gasteiger partial charge in [0.15, 0.2) is 5.65 Å². The maximum absolute atomic E-state index is 6.17. The second-order valence-corrected chi connectivity index (χ2v) is 10.2. The van der Waals surface area contributed by atoms with Gasteiger partial charge in [-0.2, -0.15) is 4.98 Å². The van der Waals surface area contributed by atoms with Gasteiger partial charge in [0.2, 0.25) is 11.8 Å². The van der Waals surface area contributed by atoms with Crippen LogP contribution in [0.2, 0.25) is 0 Å². The van der Waals surface area contributed by atoms with Crippen molar-refractivity contribution < 1.29 is 14.2 Å². The lowest BCUT2D eigenvalue weighted by atomic mass is 10.1. The zero-order valence-corrected chi connectivity index (χ0v) is 21.4. The first-order valence-corrected chi connectivity index (χ1v) is 11.4. The van der Waals surface area contributed by atoms with Crippen LogP contribution < -0.4 is 14.2 Å². The van der Waals surface area contributed by atoms with Crippen molar-refractivity contribution in [3.8, 4) is 29.0 Å². The number of nitrogens with zero attached hydrogens (tertiary/aromatic N) is 7. The maximum atomic E-state index is 6.17. The van der Waals surface area contributed by atoms with Gasteiger partial charge >= 0.3 is 6.01 Å². The molecule has 0 fully saturated rings. The van der Waals surface area contributed by atoms with E-state index >= 15 is 0 Å². The lowest BCUT2D eigenvalue weighted by Crippen LogP contribution is -2.26. The third-order valence-electron chi connectivity index (χ3n) is 4.75. The van der Waals surface area contributed by atoms with Crippen LogP contribution in [0.1, 0.15) is 60.3 Å². The number of hydrogen-bond donors (Lipinski definition) is 0. The zero-order chi connectivity index (χ0) is 25.4. The predicted molar refractivity (Wildman–Crippen MR) is 131 cm³/mol. The quantitative estimate of drug-likeness (QED) is 0.390. The summed E-state index contributed by atoms with van der Waals surface area (Å²) in [5.74, 6) is 0.789. The largest absolute Gasteiger partial charge is 0.471 e. The van der Waals surface area contributed by atoms with Gasteiger partial charge in [0.25, 0.3) is 0 Å². The van der Waals surface area contributed by atoms with Crippen LogP contribution in [0.3, 0.4) is 0 Å². The van der Waals surface area contributed by atoms with E-state index in [-0.39, 0.29) is 12.1 Å². The number of fused-ring (bicyclic) bond motifs is 1. The van der Waals surface area contributed by atoms with Crippen LogP contribution in [-0.2, 0) is 7.05 Å². The SMILES string of the molecule is C[C@H](Oc1nn(C)c2nnc(-c3cnc(OC(C)(C)C)nc3OC(C)(C)C)cc12)c1ccccn1. The molecule has 0 aromatic carbocycles. The van der Waals surface area contributed by atoms with Crippen LogP contribution in [0.15, 0.2) is 36.7 Å². The average Bonchev–Trinajstić information content (AvgIpc) is 3.07. The van der Waals surface area contributed by atoms with E-state index in [1.54, 1.807) is 24.1 Å². The molecule has 184 valence electrons. The van der Waals surface area contributed by atoms with E-state index in [0.717, 1.165) is 5.69 Å². The Bertz CT molecular complexity index is 1320. The molecule has 0 amide bonds. The van der Waals surface area contributed by atoms with E-state index in [1.807, 2.05) is 72.7 Å². The lowest BCUT2D eigenvalue weighted by Gasteiger charge is -2.24. The van der Waals surface area contributed by atoms with E-state index in [0.29, 0.717) is 34.1 Å². The van der Waals surface area contributed by atoms with Gasteiger partial charge in [0.1, 0.15) is 23.0 Å². The molecule has 0 aliphatic rings. The first kappa shape index (κ1) is 24.3. The third kappa shape index (κ3) is 5.82. The molecular formula is C25H31N7O3. The van der Waals surface area contributed by atoms with E-state index in [2.05, 4.69) is 30.2 Å². The van der Waals surface area contributed by atoms with Crippen molar-refractivity contribution in [1.29, 1.82) is 0 Å². The molecule has 4 heterocycles. The Morgan fingerprint density at radius 2 is 1.66 bits per heavy atom. The first-order valence-electron chi connectivity index (χ1n) is 11.4. The predicted octanol–water partition coefficient (Wildman–Crippen LogP) is 4.71. The minimum Gasteiger partial charge on any atom is -0.471 e. The molecular weight excluding hydrogens is 446 g/mol. The van der Waals surface area contributed by atoms with Crippen molar-refractivity contribution in [1.82, 2.24) is 34.9 Å². The summed E-state index contributed by atoms with van der Waals surface area (Å²) in [6, 6.07) is 7.78. The number of hydrogen-bond acceptors (Lipinski definition) is 9. The van der Waals surface area contributed by atoms with Crippen LogP contribution >= 0.6 is 0 Å². The van der Waals surface area contributed by atoms with E-state index in [1.165, 1.54) is 0 Å². The lowest BCUT2D eigenvalue weighted by molar-refractivity contribution is 0.103. The van der Waals surface area contributed by atoms with Crippen LogP contribution in [-0.4, -0.2) is 46.1 Å². The standard InChI is InChI=1S/C25H31N7O3/c1-15(18-11-9-10-12-26-18)33-22-16-13-19(29-30-20(16)32(8)31-22)17-14-27-23(35-25(5,6)7)28-21(17)34-24(2,3)4/h9-15H,1-8H3/t15-/m0/s1. The highest BCUT2D eigenvalue weighted by Crippen LogP contribution is 2.34. The molecule has 0 N–H and O–H groups in total. The van der Waals surface area contributed by atoms with Crippen molar-refractivity contribution >= 4 is 11.0 Å². The molecule has 1 atom stereocenters. The molecule has 4 rings (SSSR count). The van der Waals surface area contributed by atoms with Gasteiger partial charge in [-0.1, -0.05) is 6.07 Å². The molecule has 0 radical (unpaired) electrons. The monoisotopic (exact) mass is 477 g/mol. The van der Waals surface area contributed by atoms with E-state index < -0.39 is 11.2 Å². The Morgan fingerprint density at radius 1 is 0.914 bits per heavy atom. The highest BCUT2D eigenvalue weighted by molar-refractivity contribution is 5.85. The normalized spacial score (nSPS) is 13.0. The molecule has 0 unspecified atom stereocenters. The Balaban J connectivity index is 1.76. The molecule has 0 saturated carbocycles. The molecule has 0 spiro atoms. The van der Waals surface area contributed by atoms with E-state index in [4.69, 9.17) is 14.2 Å². The highest BCUT2D eigenvalue weighted by atomic mass is 16.5. The minimum absolute atomic E-state index is 0.226. The van der Waals surface area contributed by atoms with Gasteiger partial charge in [0.05, 0.1) is 16.6 Å². The average molecular weight is 478 g/mol. The molecule has 0 bridgehead atoms. The molecule has 0 aliphatic heterocycles. The third-order valence-corrected chi connectivity index (χ3v) is 4.75. The van der Waals surface area contributed by atoms with E-state index in [9.17, 15) is 0 Å². The van der Waals surface area contributed by atoms with Crippen molar-refractivity contribution in [2.75, 3.05) is 0 Å². The highest BCUT2D eigenvalue weighted by Gasteiger charge is 2.24. The first-order chi connectivity index (χ1) is 16.4. The molecule has 4 aromatic heterocycles. The van der Waals surface area contributed by atoms with Crippen LogP contribution in [0.25, 0.3) is 22.3 Å². The Labute approximate surface area is 204 Å². The number of ether oxygens (including phenoxy) is 3. The topological polar surface area (TPSA) is 110 Å². The fourth-order valence-corrected chi connectivity index (χ4v) is 3.30. The van der Waals surface area contributed by atoms with Gasteiger partial charge in [-0.3, -0.25) is 4.98 Å². The van der Waals surface area contributed by atoms with Gasteiger partial charge in [0, 0.05) is 19.4 Å². The van der Waals surface area contributed by atoms with Crippen LogP contribution in [0.5, 0.6) is 17.8 Å². The van der Waals surface area contributed by atoms with Crippen molar-refractivity contribution in [2.24, 2.45) is 7.05 Å². The van der Waals surface area contributed by atoms with Crippen LogP contribution in [0.4, 0.5) is 0 Å². The molecule has 0 aliphatic carbocycles. The summed E-state index contributed by atoms with van der Waals surface area (Å²) in [6.07, 6.45) is 3.07. The van der Waals surface area contributed by atoms with Gasteiger partial charge in [-0.15, -0.1) is 15.3 Å². The number of pyridine rings is 1. The summed E-state index contributed by atoms with van der Waals surface area (Å²) in [5.41, 5.74) is 1.55. The second kappa shape index (κ2) is 9.09. The summed E-state index contributed by atoms with van der Waals surface area (Å²) in [7, 11) is 1.80.